The van der Waals surface area contributed by atoms with Gasteiger partial charge in [-0.15, -0.1) is 0 Å². The second-order valence-corrected chi connectivity index (χ2v) is 3.33. The lowest BCUT2D eigenvalue weighted by Gasteiger charge is -2.06. The van der Waals surface area contributed by atoms with Crippen LogP contribution in [0.3, 0.4) is 0 Å². The fraction of sp³-hybridized carbons (Fsp3) is 0.364. The van der Waals surface area contributed by atoms with Gasteiger partial charge in [-0.25, -0.2) is 0 Å². The molecule has 1 aromatic carbocycles. The summed E-state index contributed by atoms with van der Waals surface area (Å²) < 4.78 is 5.15. The van der Waals surface area contributed by atoms with Gasteiger partial charge in [0.15, 0.2) is 0 Å². The largest absolute Gasteiger partial charge is 0.491 e. The molecule has 17 heavy (non-hydrogen) atoms. The predicted molar refractivity (Wildman–Crippen MR) is 60.1 cm³/mol. The lowest BCUT2D eigenvalue weighted by molar-refractivity contribution is -0.385. The Labute approximate surface area is 98.0 Å². The fourth-order valence-electron chi connectivity index (χ4n) is 1.41. The second kappa shape index (κ2) is 6.59. The Kier molecular flexibility index (Phi) is 5.09. The number of hydrogen-bond acceptors (Lipinski definition) is 5. The molecule has 0 heterocycles. The normalized spacial score (nSPS) is 9.94. The number of aliphatic hydroxyl groups is 1. The smallest absolute Gasteiger partial charge is 0.272 e. The minimum atomic E-state index is -0.490. The van der Waals surface area contributed by atoms with Crippen molar-refractivity contribution in [2.75, 3.05) is 13.2 Å². The number of rotatable bonds is 7. The summed E-state index contributed by atoms with van der Waals surface area (Å²) >= 11 is 0. The van der Waals surface area contributed by atoms with E-state index in [0.717, 1.165) is 0 Å². The third-order valence-corrected chi connectivity index (χ3v) is 2.14. The number of benzene rings is 1. The van der Waals surface area contributed by atoms with E-state index in [4.69, 9.17) is 9.84 Å². The van der Waals surface area contributed by atoms with Gasteiger partial charge < -0.3 is 14.6 Å². The maximum Gasteiger partial charge on any atom is 0.272 e. The van der Waals surface area contributed by atoms with Crippen molar-refractivity contribution in [1.82, 2.24) is 0 Å². The van der Waals surface area contributed by atoms with Gasteiger partial charge in [-0.2, -0.15) is 0 Å². The molecule has 1 N–H and O–H groups in total. The number of aryl methyl sites for hydroxylation is 1. The maximum absolute atomic E-state index is 10.7. The molecule has 1 rings (SSSR count). The van der Waals surface area contributed by atoms with Gasteiger partial charge >= 0.3 is 0 Å². The number of aliphatic hydroxyl groups excluding tert-OH is 1. The minimum Gasteiger partial charge on any atom is -0.491 e. The van der Waals surface area contributed by atoms with Crippen molar-refractivity contribution in [1.29, 1.82) is 0 Å². The third-order valence-electron chi connectivity index (χ3n) is 2.14. The highest BCUT2D eigenvalue weighted by molar-refractivity contribution is 5.52. The molecule has 0 saturated heterocycles. The van der Waals surface area contributed by atoms with E-state index in [1.807, 2.05) is 0 Å². The van der Waals surface area contributed by atoms with E-state index in [1.54, 1.807) is 0 Å². The van der Waals surface area contributed by atoms with Crippen molar-refractivity contribution in [2.45, 2.75) is 12.8 Å². The van der Waals surface area contributed by atoms with Crippen LogP contribution in [0.5, 0.6) is 5.75 Å². The minimum absolute atomic E-state index is 0.0248. The number of aldehydes is 1. The van der Waals surface area contributed by atoms with E-state index in [9.17, 15) is 14.9 Å². The van der Waals surface area contributed by atoms with Gasteiger partial charge in [0.25, 0.3) is 5.69 Å². The summed E-state index contributed by atoms with van der Waals surface area (Å²) in [7, 11) is 0. The Bertz CT molecular complexity index is 405. The van der Waals surface area contributed by atoms with Crippen LogP contribution >= 0.6 is 0 Å². The molecule has 0 amide bonds. The first-order valence-electron chi connectivity index (χ1n) is 5.13. The molecular weight excluding hydrogens is 226 g/mol. The van der Waals surface area contributed by atoms with Gasteiger partial charge in [0, 0.05) is 18.1 Å². The van der Waals surface area contributed by atoms with E-state index in [1.165, 1.54) is 18.2 Å². The standard InChI is InChI=1S/C11H13NO5/c13-5-1-2-9-8-10(17-7-6-14)3-4-11(9)12(15)16/h3-5,8,14H,1-2,6-7H2. The molecule has 0 aliphatic rings. The average molecular weight is 239 g/mol. The fourth-order valence-corrected chi connectivity index (χ4v) is 1.41. The molecule has 1 aromatic rings. The van der Waals surface area contributed by atoms with Crippen LogP contribution in [0.1, 0.15) is 12.0 Å². The molecular formula is C11H13NO5. The Morgan fingerprint density at radius 2 is 2.24 bits per heavy atom. The quantitative estimate of drug-likeness (QED) is 0.437. The highest BCUT2D eigenvalue weighted by Crippen LogP contribution is 2.25. The Morgan fingerprint density at radius 1 is 1.47 bits per heavy atom. The van der Waals surface area contributed by atoms with E-state index >= 15 is 0 Å². The van der Waals surface area contributed by atoms with Crippen LogP contribution in [-0.2, 0) is 11.2 Å². The average Bonchev–Trinajstić information content (AvgIpc) is 2.33. The van der Waals surface area contributed by atoms with Crippen molar-refractivity contribution >= 4 is 12.0 Å². The lowest BCUT2D eigenvalue weighted by atomic mass is 10.1. The SMILES string of the molecule is O=CCCc1cc(OCCO)ccc1[N+](=O)[O-]. The molecule has 0 aliphatic heterocycles. The second-order valence-electron chi connectivity index (χ2n) is 3.33. The van der Waals surface area contributed by atoms with Gasteiger partial charge in [-0.05, 0) is 18.6 Å². The van der Waals surface area contributed by atoms with Crippen LogP contribution in [-0.4, -0.2) is 29.5 Å². The van der Waals surface area contributed by atoms with Gasteiger partial charge in [0.05, 0.1) is 11.5 Å². The first-order valence-corrected chi connectivity index (χ1v) is 5.13. The van der Waals surface area contributed by atoms with Crippen molar-refractivity contribution in [3.8, 4) is 5.75 Å². The summed E-state index contributed by atoms with van der Waals surface area (Å²) in [5.74, 6) is 0.450. The van der Waals surface area contributed by atoms with Gasteiger partial charge in [-0.1, -0.05) is 0 Å². The molecule has 0 spiro atoms. The molecule has 6 heteroatoms. The monoisotopic (exact) mass is 239 g/mol. The van der Waals surface area contributed by atoms with Crippen molar-refractivity contribution in [2.24, 2.45) is 0 Å². The zero-order chi connectivity index (χ0) is 12.7. The maximum atomic E-state index is 10.7. The van der Waals surface area contributed by atoms with Crippen LogP contribution in [0.2, 0.25) is 0 Å². The van der Waals surface area contributed by atoms with Crippen molar-refractivity contribution < 1.29 is 19.6 Å². The van der Waals surface area contributed by atoms with Crippen molar-refractivity contribution in [3.63, 3.8) is 0 Å². The Balaban J connectivity index is 2.92. The van der Waals surface area contributed by atoms with Crippen molar-refractivity contribution in [3.05, 3.63) is 33.9 Å². The molecule has 0 saturated carbocycles. The molecule has 0 unspecified atom stereocenters. The van der Waals surface area contributed by atoms with E-state index in [0.29, 0.717) is 24.0 Å². The van der Waals surface area contributed by atoms with Gasteiger partial charge in [-0.3, -0.25) is 10.1 Å². The highest BCUT2D eigenvalue weighted by Gasteiger charge is 2.14. The number of ether oxygens (including phenoxy) is 1. The van der Waals surface area contributed by atoms with Crippen LogP contribution in [0.4, 0.5) is 5.69 Å². The van der Waals surface area contributed by atoms with E-state index < -0.39 is 4.92 Å². The summed E-state index contributed by atoms with van der Waals surface area (Å²) in [6.07, 6.45) is 1.24. The van der Waals surface area contributed by atoms with Crippen LogP contribution in [0, 0.1) is 10.1 Å². The summed E-state index contributed by atoms with van der Waals surface area (Å²) in [5, 5.41) is 19.3. The van der Waals surface area contributed by atoms with Crippen LogP contribution in [0.15, 0.2) is 18.2 Å². The van der Waals surface area contributed by atoms with Crippen LogP contribution in [0.25, 0.3) is 0 Å². The third kappa shape index (κ3) is 3.84. The number of carbonyl (C=O) groups is 1. The summed E-state index contributed by atoms with van der Waals surface area (Å²) in [5.41, 5.74) is 0.431. The first-order chi connectivity index (χ1) is 8.19. The summed E-state index contributed by atoms with van der Waals surface area (Å²) in [6, 6.07) is 4.34. The summed E-state index contributed by atoms with van der Waals surface area (Å²) in [4.78, 5) is 20.5. The highest BCUT2D eigenvalue weighted by atomic mass is 16.6. The van der Waals surface area contributed by atoms with Gasteiger partial charge in [0.2, 0.25) is 0 Å². The predicted octanol–water partition coefficient (Wildman–Crippen LogP) is 1.10. The molecule has 0 atom stereocenters. The van der Waals surface area contributed by atoms with E-state index in [2.05, 4.69) is 0 Å². The zero-order valence-electron chi connectivity index (χ0n) is 9.17. The topological polar surface area (TPSA) is 89.7 Å². The number of carbonyl (C=O) groups excluding carboxylic acids is 1. The van der Waals surface area contributed by atoms with Gasteiger partial charge in [0.1, 0.15) is 18.6 Å². The number of nitro benzene ring substituents is 1. The molecule has 0 aliphatic carbocycles. The van der Waals surface area contributed by atoms with E-state index in [-0.39, 0.29) is 25.3 Å². The molecule has 0 fully saturated rings. The first kappa shape index (κ1) is 13.1. The molecule has 0 aromatic heterocycles. The lowest BCUT2D eigenvalue weighted by Crippen LogP contribution is -2.03. The number of hydrogen-bond donors (Lipinski definition) is 1. The molecule has 6 nitrogen and oxygen atoms in total. The number of nitrogens with zero attached hydrogens (tertiary/aromatic N) is 1. The number of nitro groups is 1. The molecule has 0 radical (unpaired) electrons. The summed E-state index contributed by atoms with van der Waals surface area (Å²) in [6.45, 7) is 0.00555. The Morgan fingerprint density at radius 3 is 2.82 bits per heavy atom. The zero-order valence-corrected chi connectivity index (χ0v) is 9.17. The Hall–Kier alpha value is -1.95. The molecule has 0 bridgehead atoms. The molecule has 92 valence electrons. The van der Waals surface area contributed by atoms with Crippen LogP contribution < -0.4 is 4.74 Å².